The molecule has 0 amide bonds. The van der Waals surface area contributed by atoms with E-state index in [4.69, 9.17) is 0 Å². The van der Waals surface area contributed by atoms with Gasteiger partial charge in [-0.2, -0.15) is 0 Å². The van der Waals surface area contributed by atoms with Gasteiger partial charge in [0.2, 0.25) is 0 Å². The Morgan fingerprint density at radius 2 is 1.62 bits per heavy atom. The fourth-order valence-corrected chi connectivity index (χ4v) is 5.86. The van der Waals surface area contributed by atoms with Crippen LogP contribution in [0.2, 0.25) is 0 Å². The summed E-state index contributed by atoms with van der Waals surface area (Å²) in [5.41, 5.74) is 5.84. The van der Waals surface area contributed by atoms with Gasteiger partial charge in [-0.25, -0.2) is 0 Å². The van der Waals surface area contributed by atoms with Crippen molar-refractivity contribution in [3.63, 3.8) is 0 Å². The lowest BCUT2D eigenvalue weighted by molar-refractivity contribution is -0.119. The minimum Gasteiger partial charge on any atom is -0.299 e. The van der Waals surface area contributed by atoms with Gasteiger partial charge in [-0.05, 0) is 60.4 Å². The number of hydrogen-bond acceptors (Lipinski definition) is 2. The van der Waals surface area contributed by atoms with Crippen LogP contribution in [0.5, 0.6) is 0 Å². The third-order valence-corrected chi connectivity index (χ3v) is 7.61. The van der Waals surface area contributed by atoms with Crippen molar-refractivity contribution in [1.82, 2.24) is 0 Å². The number of carbonyl (C=O) groups is 2. The number of hydrogen-bond donors (Lipinski definition) is 0. The maximum absolute atomic E-state index is 13.4. The highest BCUT2D eigenvalue weighted by atomic mass is 16.1. The zero-order valence-corrected chi connectivity index (χ0v) is 18.0. The Hall–Kier alpha value is -2.22. The van der Waals surface area contributed by atoms with Crippen molar-refractivity contribution in [2.75, 3.05) is 0 Å². The zero-order valence-electron chi connectivity index (χ0n) is 18.0. The van der Waals surface area contributed by atoms with Crippen LogP contribution in [0.1, 0.15) is 87.2 Å². The molecule has 2 aliphatic carbocycles. The predicted octanol–water partition coefficient (Wildman–Crippen LogP) is 6.74. The molecule has 1 unspecified atom stereocenters. The molecule has 2 nitrogen and oxygen atoms in total. The molecular formula is C27H32O2. The van der Waals surface area contributed by atoms with Crippen LogP contribution in [-0.4, -0.2) is 11.6 Å². The van der Waals surface area contributed by atoms with E-state index in [2.05, 4.69) is 50.2 Å². The van der Waals surface area contributed by atoms with Crippen LogP contribution < -0.4 is 0 Å². The average Bonchev–Trinajstić information content (AvgIpc) is 3.35. The monoisotopic (exact) mass is 388 g/mol. The highest BCUT2D eigenvalue weighted by Gasteiger charge is 2.41. The Morgan fingerprint density at radius 3 is 2.28 bits per heavy atom. The molecule has 4 rings (SSSR count). The van der Waals surface area contributed by atoms with Gasteiger partial charge in [-0.3, -0.25) is 9.59 Å². The second-order valence-electron chi connectivity index (χ2n) is 9.01. The molecule has 0 bridgehead atoms. The van der Waals surface area contributed by atoms with E-state index in [-0.39, 0.29) is 17.0 Å². The van der Waals surface area contributed by atoms with Crippen LogP contribution in [0.15, 0.2) is 42.5 Å². The van der Waals surface area contributed by atoms with E-state index in [1.807, 2.05) is 6.07 Å². The fourth-order valence-electron chi connectivity index (χ4n) is 5.86. The van der Waals surface area contributed by atoms with Crippen molar-refractivity contribution in [2.24, 2.45) is 11.8 Å². The highest BCUT2D eigenvalue weighted by molar-refractivity contribution is 6.10. The smallest absolute Gasteiger partial charge is 0.173 e. The molecule has 0 spiro atoms. The first kappa shape index (κ1) is 20.1. The first-order chi connectivity index (χ1) is 14.0. The van der Waals surface area contributed by atoms with E-state index < -0.39 is 5.92 Å². The van der Waals surface area contributed by atoms with Gasteiger partial charge in [0, 0.05) is 11.0 Å². The predicted molar refractivity (Wildman–Crippen MR) is 118 cm³/mol. The minimum absolute atomic E-state index is 0.0166. The van der Waals surface area contributed by atoms with Crippen molar-refractivity contribution < 1.29 is 9.59 Å². The molecule has 0 aliphatic heterocycles. The summed E-state index contributed by atoms with van der Waals surface area (Å²) < 4.78 is 0. The Morgan fingerprint density at radius 1 is 0.966 bits per heavy atom. The van der Waals surface area contributed by atoms with E-state index >= 15 is 0 Å². The summed E-state index contributed by atoms with van der Waals surface area (Å²) in [4.78, 5) is 25.8. The quantitative estimate of drug-likeness (QED) is 0.389. The Kier molecular flexibility index (Phi) is 5.46. The molecule has 0 radical (unpaired) electrons. The second-order valence-corrected chi connectivity index (χ2v) is 9.01. The lowest BCUT2D eigenvalue weighted by atomic mass is 9.73. The van der Waals surface area contributed by atoms with E-state index in [9.17, 15) is 9.59 Å². The van der Waals surface area contributed by atoms with Crippen LogP contribution >= 0.6 is 0 Å². The van der Waals surface area contributed by atoms with E-state index in [1.165, 1.54) is 35.1 Å². The summed E-state index contributed by atoms with van der Waals surface area (Å²) in [5.74, 6) is 0.0710. The number of fused-ring (bicyclic) bond motifs is 3. The van der Waals surface area contributed by atoms with E-state index in [0.717, 1.165) is 32.1 Å². The van der Waals surface area contributed by atoms with Crippen molar-refractivity contribution in [3.05, 3.63) is 59.2 Å². The van der Waals surface area contributed by atoms with Crippen molar-refractivity contribution in [3.8, 4) is 11.1 Å². The average molecular weight is 389 g/mol. The number of Topliss-reactive ketones (excluding diaryl/α,β-unsaturated/α-hetero) is 2. The van der Waals surface area contributed by atoms with Crippen LogP contribution in [-0.2, 0) is 10.2 Å². The molecular weight excluding hydrogens is 356 g/mol. The van der Waals surface area contributed by atoms with Crippen molar-refractivity contribution in [1.29, 1.82) is 0 Å². The van der Waals surface area contributed by atoms with Crippen LogP contribution in [0, 0.1) is 11.8 Å². The van der Waals surface area contributed by atoms with Gasteiger partial charge >= 0.3 is 0 Å². The van der Waals surface area contributed by atoms with Gasteiger partial charge in [0.1, 0.15) is 5.78 Å². The molecule has 0 saturated heterocycles. The third-order valence-electron chi connectivity index (χ3n) is 7.61. The normalized spacial score (nSPS) is 18.3. The molecule has 1 atom stereocenters. The molecule has 2 aromatic rings. The van der Waals surface area contributed by atoms with Gasteiger partial charge in [0.15, 0.2) is 5.78 Å². The number of rotatable bonds is 7. The summed E-state index contributed by atoms with van der Waals surface area (Å²) in [6, 6.07) is 14.8. The van der Waals surface area contributed by atoms with Crippen LogP contribution in [0.4, 0.5) is 0 Å². The molecule has 0 N–H and O–H groups in total. The number of benzene rings is 2. The van der Waals surface area contributed by atoms with Crippen LogP contribution in [0.3, 0.4) is 0 Å². The first-order valence-corrected chi connectivity index (χ1v) is 11.3. The molecule has 0 aromatic heterocycles. The van der Waals surface area contributed by atoms with E-state index in [1.54, 1.807) is 6.92 Å². The minimum atomic E-state index is -0.488. The van der Waals surface area contributed by atoms with Crippen molar-refractivity contribution >= 4 is 11.6 Å². The molecule has 2 aliphatic rings. The van der Waals surface area contributed by atoms with Crippen LogP contribution in [0.25, 0.3) is 11.1 Å². The van der Waals surface area contributed by atoms with Gasteiger partial charge in [-0.1, -0.05) is 75.9 Å². The number of ketones is 2. The Labute approximate surface area is 174 Å². The molecule has 1 fully saturated rings. The SMILES string of the molecule is CCC1(CC)c2ccccc2-c2ccc(C(=O)C(CC3CCCC3)C(C)=O)cc21. The Bertz CT molecular complexity index is 929. The summed E-state index contributed by atoms with van der Waals surface area (Å²) in [5, 5.41) is 0. The van der Waals surface area contributed by atoms with Gasteiger partial charge in [-0.15, -0.1) is 0 Å². The topological polar surface area (TPSA) is 34.1 Å². The first-order valence-electron chi connectivity index (χ1n) is 11.3. The van der Waals surface area contributed by atoms with E-state index in [0.29, 0.717) is 11.5 Å². The summed E-state index contributed by atoms with van der Waals surface area (Å²) in [6.07, 6.45) is 7.51. The van der Waals surface area contributed by atoms with Crippen molar-refractivity contribution in [2.45, 2.75) is 71.1 Å². The lowest BCUT2D eigenvalue weighted by Gasteiger charge is -2.30. The number of carbonyl (C=O) groups excluding carboxylic acids is 2. The molecule has 29 heavy (non-hydrogen) atoms. The maximum atomic E-state index is 13.4. The lowest BCUT2D eigenvalue weighted by Crippen LogP contribution is -2.26. The van der Waals surface area contributed by atoms with Gasteiger partial charge in [0.25, 0.3) is 0 Å². The van der Waals surface area contributed by atoms with Gasteiger partial charge < -0.3 is 0 Å². The second kappa shape index (κ2) is 7.89. The largest absolute Gasteiger partial charge is 0.299 e. The zero-order chi connectivity index (χ0) is 20.6. The summed E-state index contributed by atoms with van der Waals surface area (Å²) >= 11 is 0. The molecule has 2 heteroatoms. The van der Waals surface area contributed by atoms with Gasteiger partial charge in [0.05, 0.1) is 5.92 Å². The molecule has 0 heterocycles. The fraction of sp³-hybridized carbons (Fsp3) is 0.481. The highest BCUT2D eigenvalue weighted by Crippen LogP contribution is 2.52. The summed E-state index contributed by atoms with van der Waals surface area (Å²) in [6.45, 7) is 6.06. The molecule has 1 saturated carbocycles. The standard InChI is InChI=1S/C27H32O2/c1-4-27(5-2)24-13-9-8-12-21(24)22-15-14-20(17-25(22)27)26(29)23(18(3)28)16-19-10-6-7-11-19/h8-9,12-15,17,19,23H,4-7,10-11,16H2,1-3H3. The third kappa shape index (κ3) is 3.27. The molecule has 152 valence electrons. The summed E-state index contributed by atoms with van der Waals surface area (Å²) in [7, 11) is 0. The Balaban J connectivity index is 1.73. The molecule has 2 aromatic carbocycles. The maximum Gasteiger partial charge on any atom is 0.173 e.